The Hall–Kier alpha value is -4.46. The molecule has 41 heavy (non-hydrogen) atoms. The lowest BCUT2D eigenvalue weighted by atomic mass is 10.1. The first-order valence-corrected chi connectivity index (χ1v) is 13.5. The molecule has 1 fully saturated rings. The number of amides is 1. The number of furan rings is 1. The number of fused-ring (bicyclic) bond motifs is 2. The zero-order valence-electron chi connectivity index (χ0n) is 22.0. The lowest BCUT2D eigenvalue weighted by Gasteiger charge is -2.31. The summed E-state index contributed by atoms with van der Waals surface area (Å²) in [5.41, 5.74) is 4.44. The van der Waals surface area contributed by atoms with Gasteiger partial charge in [0, 0.05) is 77.6 Å². The SMILES string of the molecule is CNc1cnc(-c2cnn(C3CCN(C(C)=O)CC3)c2)c2cc(-c3csc4ccncc34)oc12.O=C(O)C(F)(F)F. The van der Waals surface area contributed by atoms with Crippen molar-refractivity contribution in [2.24, 2.45) is 0 Å². The van der Waals surface area contributed by atoms with Gasteiger partial charge in [-0.15, -0.1) is 11.3 Å². The third-order valence-corrected chi connectivity index (χ3v) is 7.83. The molecule has 0 radical (unpaired) electrons. The fourth-order valence-corrected chi connectivity index (χ4v) is 5.65. The molecule has 10 nitrogen and oxygen atoms in total. The van der Waals surface area contributed by atoms with Crippen molar-refractivity contribution in [2.45, 2.75) is 32.0 Å². The fraction of sp³-hybridized carbons (Fsp3) is 0.296. The Bertz CT molecular complexity index is 1720. The number of carbonyl (C=O) groups is 2. The van der Waals surface area contributed by atoms with Crippen molar-refractivity contribution >= 4 is 50.0 Å². The van der Waals surface area contributed by atoms with Crippen LogP contribution < -0.4 is 5.32 Å². The van der Waals surface area contributed by atoms with Gasteiger partial charge in [0.05, 0.1) is 29.8 Å². The molecule has 5 aromatic heterocycles. The van der Waals surface area contributed by atoms with Crippen molar-refractivity contribution in [2.75, 3.05) is 25.5 Å². The molecular weight excluding hydrogens is 561 g/mol. The van der Waals surface area contributed by atoms with Crippen LogP contribution in [0, 0.1) is 0 Å². The number of hydrogen-bond acceptors (Lipinski definition) is 8. The molecule has 0 spiro atoms. The van der Waals surface area contributed by atoms with Crippen LogP contribution in [0.2, 0.25) is 0 Å². The van der Waals surface area contributed by atoms with Gasteiger partial charge in [0.1, 0.15) is 5.76 Å². The van der Waals surface area contributed by atoms with Gasteiger partial charge in [0.25, 0.3) is 0 Å². The zero-order chi connectivity index (χ0) is 29.3. The number of thiophene rings is 1. The largest absolute Gasteiger partial charge is 0.490 e. The molecular formula is C27H25F3N6O4S. The summed E-state index contributed by atoms with van der Waals surface area (Å²) in [6.07, 6.45) is 6.15. The average molecular weight is 587 g/mol. The average Bonchev–Trinajstić information content (AvgIpc) is 3.70. The van der Waals surface area contributed by atoms with Gasteiger partial charge in [0.2, 0.25) is 5.91 Å². The van der Waals surface area contributed by atoms with Crippen molar-refractivity contribution in [3.05, 3.63) is 48.5 Å². The minimum Gasteiger partial charge on any atom is -0.475 e. The number of aromatic nitrogens is 4. The number of nitrogens with one attached hydrogen (secondary N) is 1. The van der Waals surface area contributed by atoms with Crippen molar-refractivity contribution in [3.63, 3.8) is 0 Å². The zero-order valence-corrected chi connectivity index (χ0v) is 22.8. The number of piperidine rings is 1. The maximum Gasteiger partial charge on any atom is 0.490 e. The predicted molar refractivity (Wildman–Crippen MR) is 148 cm³/mol. The second kappa shape index (κ2) is 11.2. The van der Waals surface area contributed by atoms with Gasteiger partial charge in [0.15, 0.2) is 5.58 Å². The van der Waals surface area contributed by atoms with Crippen LogP contribution in [-0.2, 0) is 9.59 Å². The highest BCUT2D eigenvalue weighted by Crippen LogP contribution is 2.40. The molecule has 0 aliphatic carbocycles. The molecule has 0 unspecified atom stereocenters. The van der Waals surface area contributed by atoms with Crippen molar-refractivity contribution in [1.29, 1.82) is 0 Å². The Kier molecular flexibility index (Phi) is 7.67. The maximum atomic E-state index is 11.6. The Balaban J connectivity index is 0.000000431. The van der Waals surface area contributed by atoms with Crippen molar-refractivity contribution < 1.29 is 32.3 Å². The van der Waals surface area contributed by atoms with Gasteiger partial charge in [-0.3, -0.25) is 19.4 Å². The van der Waals surface area contributed by atoms with Gasteiger partial charge >= 0.3 is 12.1 Å². The van der Waals surface area contributed by atoms with Crippen LogP contribution in [-0.4, -0.2) is 67.9 Å². The third kappa shape index (κ3) is 5.73. The molecule has 1 aliphatic rings. The molecule has 214 valence electrons. The summed E-state index contributed by atoms with van der Waals surface area (Å²) in [7, 11) is 1.87. The molecule has 6 heterocycles. The van der Waals surface area contributed by atoms with E-state index in [-0.39, 0.29) is 11.9 Å². The number of likely N-dealkylation sites (tertiary alicyclic amines) is 1. The molecule has 0 saturated carbocycles. The molecule has 14 heteroatoms. The molecule has 5 aromatic rings. The fourth-order valence-electron chi connectivity index (χ4n) is 4.73. The number of aliphatic carboxylic acids is 1. The van der Waals surface area contributed by atoms with E-state index in [1.165, 1.54) is 4.70 Å². The standard InChI is InChI=1S/C25H24N6O2S.C2HF3O2/c1-15(32)30-7-4-17(5-8-30)31-13-16(10-29-31)24-18-9-22(33-25(18)21(26-2)12-28-24)20-14-34-23-3-6-27-11-19(20)23;3-2(4,5)1(6)7/h3,6,9-14,17,26H,4-5,7-8H2,1-2H3;(H,6,7). The van der Waals surface area contributed by atoms with E-state index in [1.807, 2.05) is 41.3 Å². The van der Waals surface area contributed by atoms with Crippen LogP contribution in [0.5, 0.6) is 0 Å². The van der Waals surface area contributed by atoms with Crippen LogP contribution in [0.4, 0.5) is 18.9 Å². The summed E-state index contributed by atoms with van der Waals surface area (Å²) in [5.74, 6) is -1.82. The Morgan fingerprint density at radius 3 is 2.56 bits per heavy atom. The second-order valence-corrected chi connectivity index (χ2v) is 10.3. The molecule has 1 saturated heterocycles. The number of hydrogen-bond donors (Lipinski definition) is 2. The topological polar surface area (TPSA) is 126 Å². The number of nitrogens with zero attached hydrogens (tertiary/aromatic N) is 5. The first-order valence-electron chi connectivity index (χ1n) is 12.6. The summed E-state index contributed by atoms with van der Waals surface area (Å²) in [5, 5.41) is 19.1. The molecule has 1 amide bonds. The van der Waals surface area contributed by atoms with Crippen molar-refractivity contribution in [3.8, 4) is 22.6 Å². The molecule has 0 atom stereocenters. The van der Waals surface area contributed by atoms with Gasteiger partial charge in [-0.25, -0.2) is 4.79 Å². The Labute approximate surface area is 235 Å². The number of alkyl halides is 3. The molecule has 0 aromatic carbocycles. The van der Waals surface area contributed by atoms with Crippen LogP contribution >= 0.6 is 11.3 Å². The van der Waals surface area contributed by atoms with E-state index in [9.17, 15) is 18.0 Å². The summed E-state index contributed by atoms with van der Waals surface area (Å²) in [6, 6.07) is 4.37. The Morgan fingerprint density at radius 1 is 1.17 bits per heavy atom. The first-order chi connectivity index (χ1) is 19.6. The van der Waals surface area contributed by atoms with E-state index in [0.29, 0.717) is 0 Å². The predicted octanol–water partition coefficient (Wildman–Crippen LogP) is 5.83. The Morgan fingerprint density at radius 2 is 1.90 bits per heavy atom. The summed E-state index contributed by atoms with van der Waals surface area (Å²) >= 11 is 1.68. The highest BCUT2D eigenvalue weighted by Gasteiger charge is 2.38. The summed E-state index contributed by atoms with van der Waals surface area (Å²) < 4.78 is 41.3. The third-order valence-electron chi connectivity index (χ3n) is 6.87. The number of pyridine rings is 2. The smallest absolute Gasteiger partial charge is 0.475 e. The monoisotopic (exact) mass is 586 g/mol. The van der Waals surface area contributed by atoms with Crippen LogP contribution in [0.15, 0.2) is 52.9 Å². The van der Waals surface area contributed by atoms with Gasteiger partial charge < -0.3 is 19.7 Å². The van der Waals surface area contributed by atoms with E-state index in [1.54, 1.807) is 24.5 Å². The number of anilines is 1. The van der Waals surface area contributed by atoms with Crippen LogP contribution in [0.1, 0.15) is 25.8 Å². The lowest BCUT2D eigenvalue weighted by molar-refractivity contribution is -0.192. The quantitative estimate of drug-likeness (QED) is 0.270. The van der Waals surface area contributed by atoms with Gasteiger partial charge in [-0.2, -0.15) is 18.3 Å². The highest BCUT2D eigenvalue weighted by atomic mass is 32.1. The maximum absolute atomic E-state index is 11.6. The minimum atomic E-state index is -5.08. The number of halogens is 3. The summed E-state index contributed by atoms with van der Waals surface area (Å²) in [6.45, 7) is 3.17. The van der Waals surface area contributed by atoms with Crippen molar-refractivity contribution in [1.82, 2.24) is 24.6 Å². The second-order valence-electron chi connectivity index (χ2n) is 9.39. The first kappa shape index (κ1) is 28.1. The summed E-state index contributed by atoms with van der Waals surface area (Å²) in [4.78, 5) is 31.5. The van der Waals surface area contributed by atoms with E-state index in [0.717, 1.165) is 70.6 Å². The number of carboxylic acid groups (broad SMARTS) is 1. The number of rotatable bonds is 4. The van der Waals surface area contributed by atoms with E-state index in [4.69, 9.17) is 19.3 Å². The highest BCUT2D eigenvalue weighted by molar-refractivity contribution is 7.17. The van der Waals surface area contributed by atoms with Gasteiger partial charge in [-0.05, 0) is 25.0 Å². The van der Waals surface area contributed by atoms with E-state index >= 15 is 0 Å². The lowest BCUT2D eigenvalue weighted by Crippen LogP contribution is -2.37. The number of carboxylic acids is 1. The van der Waals surface area contributed by atoms with Crippen LogP contribution in [0.3, 0.4) is 0 Å². The van der Waals surface area contributed by atoms with E-state index < -0.39 is 12.1 Å². The normalized spacial score (nSPS) is 14.2. The molecule has 0 bridgehead atoms. The van der Waals surface area contributed by atoms with Crippen LogP contribution in [0.25, 0.3) is 43.6 Å². The molecule has 6 rings (SSSR count). The minimum absolute atomic E-state index is 0.140. The number of carbonyl (C=O) groups excluding carboxylic acids is 1. The molecule has 1 aliphatic heterocycles. The van der Waals surface area contributed by atoms with Gasteiger partial charge in [-0.1, -0.05) is 0 Å². The molecule has 2 N–H and O–H groups in total. The van der Waals surface area contributed by atoms with E-state index in [2.05, 4.69) is 33.0 Å².